The Labute approximate surface area is 130 Å². The lowest BCUT2D eigenvalue weighted by molar-refractivity contribution is -0.123. The number of nitrogens with two attached hydrogens (primary N) is 1. The van der Waals surface area contributed by atoms with Crippen LogP contribution in [0.15, 0.2) is 24.3 Å². The molecule has 1 aromatic rings. The van der Waals surface area contributed by atoms with E-state index in [-0.39, 0.29) is 18.1 Å². The zero-order valence-corrected chi connectivity index (χ0v) is 13.1. The molecule has 4 nitrogen and oxygen atoms in total. The molecule has 0 bridgehead atoms. The third kappa shape index (κ3) is 3.91. The van der Waals surface area contributed by atoms with Gasteiger partial charge in [-0.3, -0.25) is 9.59 Å². The van der Waals surface area contributed by atoms with Gasteiger partial charge in [0.15, 0.2) is 5.78 Å². The van der Waals surface area contributed by atoms with Crippen LogP contribution in [0, 0.1) is 17.7 Å². The van der Waals surface area contributed by atoms with Crippen molar-refractivity contribution in [1.29, 1.82) is 0 Å². The standard InChI is InChI=1S/C17H23FN2O2/c1-11(16(22)12-4-3-5-14(18)9-12)8-15(21)20-17(2,10-19)13-6-7-13/h3-5,9,11,13H,6-8,10,19H2,1-2H3,(H,20,21). The van der Waals surface area contributed by atoms with E-state index >= 15 is 0 Å². The maximum absolute atomic E-state index is 13.2. The zero-order chi connectivity index (χ0) is 16.3. The molecule has 1 fully saturated rings. The smallest absolute Gasteiger partial charge is 0.221 e. The minimum Gasteiger partial charge on any atom is -0.349 e. The maximum Gasteiger partial charge on any atom is 0.221 e. The van der Waals surface area contributed by atoms with Gasteiger partial charge >= 0.3 is 0 Å². The maximum atomic E-state index is 13.2. The fourth-order valence-electron chi connectivity index (χ4n) is 2.71. The molecule has 22 heavy (non-hydrogen) atoms. The summed E-state index contributed by atoms with van der Waals surface area (Å²) < 4.78 is 13.2. The molecule has 0 aliphatic heterocycles. The Hall–Kier alpha value is -1.75. The van der Waals surface area contributed by atoms with Crippen molar-refractivity contribution in [2.75, 3.05) is 6.54 Å². The third-order valence-electron chi connectivity index (χ3n) is 4.38. The summed E-state index contributed by atoms with van der Waals surface area (Å²) in [5, 5.41) is 2.96. The van der Waals surface area contributed by atoms with Gasteiger partial charge in [0.1, 0.15) is 5.82 Å². The highest BCUT2D eigenvalue weighted by Gasteiger charge is 2.41. The number of benzene rings is 1. The second-order valence-electron chi connectivity index (χ2n) is 6.42. The molecular weight excluding hydrogens is 283 g/mol. The van der Waals surface area contributed by atoms with Crippen molar-refractivity contribution in [3.05, 3.63) is 35.6 Å². The summed E-state index contributed by atoms with van der Waals surface area (Å²) >= 11 is 0. The van der Waals surface area contributed by atoms with Crippen LogP contribution in [0.2, 0.25) is 0 Å². The van der Waals surface area contributed by atoms with Crippen LogP contribution in [0.5, 0.6) is 0 Å². The normalized spacial score (nSPS) is 18.4. The highest BCUT2D eigenvalue weighted by molar-refractivity contribution is 5.99. The molecule has 3 N–H and O–H groups in total. The van der Waals surface area contributed by atoms with Crippen molar-refractivity contribution in [3.8, 4) is 0 Å². The highest BCUT2D eigenvalue weighted by Crippen LogP contribution is 2.39. The van der Waals surface area contributed by atoms with E-state index < -0.39 is 17.3 Å². The molecule has 5 heteroatoms. The molecule has 0 spiro atoms. The van der Waals surface area contributed by atoms with E-state index in [1.807, 2.05) is 6.92 Å². The molecule has 1 aliphatic rings. The van der Waals surface area contributed by atoms with Crippen LogP contribution in [-0.4, -0.2) is 23.8 Å². The minimum atomic E-state index is -0.497. The molecule has 2 unspecified atom stereocenters. The van der Waals surface area contributed by atoms with Gasteiger partial charge in [0, 0.05) is 24.4 Å². The summed E-state index contributed by atoms with van der Waals surface area (Å²) in [5.74, 6) is -0.932. The first-order valence-corrected chi connectivity index (χ1v) is 7.66. The van der Waals surface area contributed by atoms with E-state index in [4.69, 9.17) is 5.73 Å². The van der Waals surface area contributed by atoms with Crippen molar-refractivity contribution in [3.63, 3.8) is 0 Å². The van der Waals surface area contributed by atoms with Crippen LogP contribution in [0.1, 0.15) is 43.5 Å². The molecule has 1 saturated carbocycles. The van der Waals surface area contributed by atoms with Crippen LogP contribution in [0.4, 0.5) is 4.39 Å². The molecule has 0 radical (unpaired) electrons. The van der Waals surface area contributed by atoms with Crippen LogP contribution < -0.4 is 11.1 Å². The third-order valence-corrected chi connectivity index (χ3v) is 4.38. The van der Waals surface area contributed by atoms with Gasteiger partial charge in [-0.1, -0.05) is 19.1 Å². The largest absolute Gasteiger partial charge is 0.349 e. The van der Waals surface area contributed by atoms with Gasteiger partial charge in [0.2, 0.25) is 5.91 Å². The Balaban J connectivity index is 1.94. The van der Waals surface area contributed by atoms with E-state index in [2.05, 4.69) is 5.32 Å². The summed E-state index contributed by atoms with van der Waals surface area (Å²) in [6.07, 6.45) is 2.23. The van der Waals surface area contributed by atoms with Gasteiger partial charge in [-0.15, -0.1) is 0 Å². The number of ketones is 1. The SMILES string of the molecule is CC(CC(=O)NC(C)(CN)C1CC1)C(=O)c1cccc(F)c1. The molecule has 2 rings (SSSR count). The first-order chi connectivity index (χ1) is 10.4. The number of carbonyl (C=O) groups excluding carboxylic acids is 2. The number of Topliss-reactive ketones (excluding diaryl/α,β-unsaturated/α-hetero) is 1. The van der Waals surface area contributed by atoms with Crippen molar-refractivity contribution >= 4 is 11.7 Å². The number of halogens is 1. The number of carbonyl (C=O) groups is 2. The Morgan fingerprint density at radius 1 is 1.45 bits per heavy atom. The van der Waals surface area contributed by atoms with Crippen molar-refractivity contribution in [1.82, 2.24) is 5.32 Å². The molecule has 2 atom stereocenters. The van der Waals surface area contributed by atoms with E-state index in [1.54, 1.807) is 13.0 Å². The molecule has 0 heterocycles. The topological polar surface area (TPSA) is 72.2 Å². The van der Waals surface area contributed by atoms with E-state index in [0.29, 0.717) is 18.0 Å². The van der Waals surface area contributed by atoms with Crippen LogP contribution in [0.25, 0.3) is 0 Å². The molecule has 0 aromatic heterocycles. The van der Waals surface area contributed by atoms with Crippen molar-refractivity contribution in [2.24, 2.45) is 17.6 Å². The second-order valence-corrected chi connectivity index (χ2v) is 6.42. The summed E-state index contributed by atoms with van der Waals surface area (Å²) in [7, 11) is 0. The molecule has 1 aromatic carbocycles. The predicted octanol–water partition coefficient (Wildman–Crippen LogP) is 2.28. The Morgan fingerprint density at radius 3 is 2.68 bits per heavy atom. The van der Waals surface area contributed by atoms with Gasteiger partial charge in [0.05, 0.1) is 5.54 Å². The van der Waals surface area contributed by atoms with Gasteiger partial charge < -0.3 is 11.1 Å². The predicted molar refractivity (Wildman–Crippen MR) is 82.8 cm³/mol. The summed E-state index contributed by atoms with van der Waals surface area (Å²) in [5.41, 5.74) is 5.68. The average Bonchev–Trinajstić information content (AvgIpc) is 3.31. The zero-order valence-electron chi connectivity index (χ0n) is 13.1. The van der Waals surface area contributed by atoms with E-state index in [9.17, 15) is 14.0 Å². The number of amides is 1. The Morgan fingerprint density at radius 2 is 2.14 bits per heavy atom. The number of hydrogen-bond donors (Lipinski definition) is 2. The van der Waals surface area contributed by atoms with Crippen LogP contribution >= 0.6 is 0 Å². The van der Waals surface area contributed by atoms with Crippen molar-refractivity contribution < 1.29 is 14.0 Å². The van der Waals surface area contributed by atoms with Gasteiger partial charge in [-0.25, -0.2) is 4.39 Å². The number of hydrogen-bond acceptors (Lipinski definition) is 3. The second kappa shape index (κ2) is 6.57. The first-order valence-electron chi connectivity index (χ1n) is 7.66. The van der Waals surface area contributed by atoms with Crippen LogP contribution in [0.3, 0.4) is 0 Å². The molecule has 1 aliphatic carbocycles. The first kappa shape index (κ1) is 16.6. The summed E-state index contributed by atoms with van der Waals surface area (Å²) in [6, 6.07) is 5.55. The van der Waals surface area contributed by atoms with E-state index in [1.165, 1.54) is 18.2 Å². The lowest BCUT2D eigenvalue weighted by atomic mass is 9.93. The lowest BCUT2D eigenvalue weighted by Crippen LogP contribution is -2.53. The summed E-state index contributed by atoms with van der Waals surface area (Å²) in [4.78, 5) is 24.4. The lowest BCUT2D eigenvalue weighted by Gasteiger charge is -2.30. The molecule has 1 amide bonds. The number of nitrogens with one attached hydrogen (secondary N) is 1. The van der Waals surface area contributed by atoms with Gasteiger partial charge in [-0.2, -0.15) is 0 Å². The summed E-state index contributed by atoms with van der Waals surface area (Å²) in [6.45, 7) is 4.01. The molecular formula is C17H23FN2O2. The minimum absolute atomic E-state index is 0.0810. The van der Waals surface area contributed by atoms with Gasteiger partial charge in [0.25, 0.3) is 0 Å². The highest BCUT2D eigenvalue weighted by atomic mass is 19.1. The number of rotatable bonds is 7. The van der Waals surface area contributed by atoms with Gasteiger partial charge in [-0.05, 0) is 37.8 Å². The Kier molecular flexibility index (Phi) is 4.96. The van der Waals surface area contributed by atoms with Crippen LogP contribution in [-0.2, 0) is 4.79 Å². The quantitative estimate of drug-likeness (QED) is 0.759. The fourth-order valence-corrected chi connectivity index (χ4v) is 2.71. The van der Waals surface area contributed by atoms with Crippen molar-refractivity contribution in [2.45, 2.75) is 38.6 Å². The monoisotopic (exact) mass is 306 g/mol. The van der Waals surface area contributed by atoms with E-state index in [0.717, 1.165) is 12.8 Å². The molecule has 120 valence electrons. The molecule has 0 saturated heterocycles. The Bertz CT molecular complexity index is 572. The fraction of sp³-hybridized carbons (Fsp3) is 0.529. The average molecular weight is 306 g/mol.